The van der Waals surface area contributed by atoms with Gasteiger partial charge in [0.05, 0.1) is 5.69 Å². The number of anilines is 1. The Morgan fingerprint density at radius 1 is 1.06 bits per heavy atom. The number of nitrogens with one attached hydrogen (secondary N) is 1. The molecule has 0 fully saturated rings. The molecule has 0 aliphatic carbocycles. The summed E-state index contributed by atoms with van der Waals surface area (Å²) in [6, 6.07) is 10.2. The van der Waals surface area contributed by atoms with Gasteiger partial charge in [0.1, 0.15) is 12.1 Å². The summed E-state index contributed by atoms with van der Waals surface area (Å²) in [6.45, 7) is 5.08. The Labute approximate surface area is 102 Å². The minimum Gasteiger partial charge on any atom is -0.370 e. The fraction of sp³-hybridized carbons (Fsp3) is 0.286. The largest absolute Gasteiger partial charge is 0.370 e. The first-order chi connectivity index (χ1) is 8.36. The average Bonchev–Trinajstić information content (AvgIpc) is 2.40. The summed E-state index contributed by atoms with van der Waals surface area (Å²) in [5, 5.41) is 3.29. The molecule has 0 spiro atoms. The third-order valence-electron chi connectivity index (χ3n) is 2.69. The topological polar surface area (TPSA) is 37.8 Å². The second-order valence-corrected chi connectivity index (χ2v) is 3.80. The van der Waals surface area contributed by atoms with Crippen LogP contribution in [0.25, 0.3) is 11.3 Å². The van der Waals surface area contributed by atoms with Gasteiger partial charge in [0.25, 0.3) is 0 Å². The van der Waals surface area contributed by atoms with E-state index in [0.717, 1.165) is 30.0 Å². The first-order valence-electron chi connectivity index (χ1n) is 6.00. The van der Waals surface area contributed by atoms with Crippen molar-refractivity contribution in [3.05, 3.63) is 42.2 Å². The van der Waals surface area contributed by atoms with Crippen LogP contribution >= 0.6 is 0 Å². The zero-order valence-corrected chi connectivity index (χ0v) is 10.3. The minimum absolute atomic E-state index is 0.873. The number of rotatable bonds is 4. The fourth-order valence-electron chi connectivity index (χ4n) is 1.91. The van der Waals surface area contributed by atoms with Gasteiger partial charge in [-0.1, -0.05) is 37.3 Å². The Balaban J connectivity index is 2.50. The monoisotopic (exact) mass is 227 g/mol. The highest BCUT2D eigenvalue weighted by atomic mass is 15.0. The van der Waals surface area contributed by atoms with Crippen LogP contribution in [0.2, 0.25) is 0 Å². The molecule has 0 amide bonds. The van der Waals surface area contributed by atoms with Crippen LogP contribution in [0.5, 0.6) is 0 Å². The van der Waals surface area contributed by atoms with E-state index in [1.165, 1.54) is 5.56 Å². The zero-order valence-electron chi connectivity index (χ0n) is 10.3. The molecule has 1 N–H and O–H groups in total. The molecule has 88 valence electrons. The second kappa shape index (κ2) is 5.43. The predicted octanol–water partition coefficient (Wildman–Crippen LogP) is 3.14. The van der Waals surface area contributed by atoms with Gasteiger partial charge in [-0.15, -0.1) is 0 Å². The van der Waals surface area contributed by atoms with Crippen LogP contribution in [0.15, 0.2) is 36.7 Å². The fourth-order valence-corrected chi connectivity index (χ4v) is 1.91. The van der Waals surface area contributed by atoms with E-state index in [4.69, 9.17) is 0 Å². The van der Waals surface area contributed by atoms with Crippen LogP contribution in [0, 0.1) is 0 Å². The second-order valence-electron chi connectivity index (χ2n) is 3.80. The number of hydrogen-bond donors (Lipinski definition) is 1. The number of hydrogen-bond acceptors (Lipinski definition) is 3. The summed E-state index contributed by atoms with van der Waals surface area (Å²) in [6.07, 6.45) is 2.55. The molecule has 2 rings (SSSR count). The molecule has 0 bridgehead atoms. The standard InChI is InChI=1S/C14H17N3/c1-3-12-13(11-8-6-5-7-9-11)16-10-17-14(12)15-4-2/h5-10H,3-4H2,1-2H3,(H,15,16,17). The highest BCUT2D eigenvalue weighted by molar-refractivity contribution is 5.68. The summed E-state index contributed by atoms with van der Waals surface area (Å²) in [5.74, 6) is 0.948. The molecule has 1 aromatic carbocycles. The number of aromatic nitrogens is 2. The molecule has 0 saturated carbocycles. The first-order valence-corrected chi connectivity index (χ1v) is 6.00. The highest BCUT2D eigenvalue weighted by Gasteiger charge is 2.10. The Kier molecular flexibility index (Phi) is 3.70. The molecule has 0 saturated heterocycles. The maximum absolute atomic E-state index is 4.41. The normalized spacial score (nSPS) is 10.2. The van der Waals surface area contributed by atoms with Gasteiger partial charge in [0.15, 0.2) is 0 Å². The highest BCUT2D eigenvalue weighted by Crippen LogP contribution is 2.25. The Morgan fingerprint density at radius 2 is 1.82 bits per heavy atom. The van der Waals surface area contributed by atoms with Gasteiger partial charge < -0.3 is 5.32 Å². The summed E-state index contributed by atoms with van der Waals surface area (Å²) in [4.78, 5) is 8.71. The maximum atomic E-state index is 4.41. The smallest absolute Gasteiger partial charge is 0.133 e. The van der Waals surface area contributed by atoms with E-state index in [1.807, 2.05) is 18.2 Å². The van der Waals surface area contributed by atoms with Crippen molar-refractivity contribution in [3.8, 4) is 11.3 Å². The van der Waals surface area contributed by atoms with Crippen molar-refractivity contribution >= 4 is 5.82 Å². The molecule has 0 aliphatic heterocycles. The summed E-state index contributed by atoms with van der Waals surface area (Å²) in [5.41, 5.74) is 3.35. The Hall–Kier alpha value is -1.90. The molecule has 1 heterocycles. The molecule has 0 unspecified atom stereocenters. The maximum Gasteiger partial charge on any atom is 0.133 e. The van der Waals surface area contributed by atoms with Crippen LogP contribution < -0.4 is 5.32 Å². The van der Waals surface area contributed by atoms with Crippen LogP contribution in [0.3, 0.4) is 0 Å². The Morgan fingerprint density at radius 3 is 2.47 bits per heavy atom. The molecule has 17 heavy (non-hydrogen) atoms. The lowest BCUT2D eigenvalue weighted by molar-refractivity contribution is 1.03. The zero-order chi connectivity index (χ0) is 12.1. The van der Waals surface area contributed by atoms with E-state index in [9.17, 15) is 0 Å². The lowest BCUT2D eigenvalue weighted by atomic mass is 10.0. The summed E-state index contributed by atoms with van der Waals surface area (Å²) in [7, 11) is 0. The third kappa shape index (κ3) is 2.44. The van der Waals surface area contributed by atoms with Gasteiger partial charge in [0.2, 0.25) is 0 Å². The molecular weight excluding hydrogens is 210 g/mol. The van der Waals surface area contributed by atoms with Crippen molar-refractivity contribution in [1.29, 1.82) is 0 Å². The van der Waals surface area contributed by atoms with Crippen LogP contribution in [0.1, 0.15) is 19.4 Å². The molecule has 3 nitrogen and oxygen atoms in total. The number of nitrogens with zero attached hydrogens (tertiary/aromatic N) is 2. The van der Waals surface area contributed by atoms with Crippen molar-refractivity contribution in [2.75, 3.05) is 11.9 Å². The molecule has 3 heteroatoms. The van der Waals surface area contributed by atoms with Crippen molar-refractivity contribution in [2.45, 2.75) is 20.3 Å². The molecule has 0 radical (unpaired) electrons. The van der Waals surface area contributed by atoms with E-state index in [-0.39, 0.29) is 0 Å². The van der Waals surface area contributed by atoms with E-state index >= 15 is 0 Å². The van der Waals surface area contributed by atoms with Crippen LogP contribution in [-0.4, -0.2) is 16.5 Å². The van der Waals surface area contributed by atoms with Gasteiger partial charge in [-0.25, -0.2) is 9.97 Å². The van der Waals surface area contributed by atoms with Crippen molar-refractivity contribution in [2.24, 2.45) is 0 Å². The van der Waals surface area contributed by atoms with Gasteiger partial charge in [-0.2, -0.15) is 0 Å². The van der Waals surface area contributed by atoms with E-state index in [1.54, 1.807) is 6.33 Å². The lowest BCUT2D eigenvalue weighted by Gasteiger charge is -2.12. The van der Waals surface area contributed by atoms with E-state index < -0.39 is 0 Å². The van der Waals surface area contributed by atoms with Crippen molar-refractivity contribution in [1.82, 2.24) is 9.97 Å². The van der Waals surface area contributed by atoms with E-state index in [0.29, 0.717) is 0 Å². The quantitative estimate of drug-likeness (QED) is 0.872. The van der Waals surface area contributed by atoms with Crippen molar-refractivity contribution in [3.63, 3.8) is 0 Å². The molecule has 2 aromatic rings. The SMILES string of the molecule is CCNc1ncnc(-c2ccccc2)c1CC. The predicted molar refractivity (Wildman–Crippen MR) is 71.0 cm³/mol. The minimum atomic E-state index is 0.873. The van der Waals surface area contributed by atoms with Crippen LogP contribution in [-0.2, 0) is 6.42 Å². The molecular formula is C14H17N3. The molecule has 0 aliphatic rings. The van der Waals surface area contributed by atoms with Gasteiger partial charge >= 0.3 is 0 Å². The molecule has 0 atom stereocenters. The molecule has 1 aromatic heterocycles. The average molecular weight is 227 g/mol. The number of benzene rings is 1. The lowest BCUT2D eigenvalue weighted by Crippen LogP contribution is -2.05. The van der Waals surface area contributed by atoms with Gasteiger partial charge in [-0.3, -0.25) is 0 Å². The van der Waals surface area contributed by atoms with Crippen LogP contribution in [0.4, 0.5) is 5.82 Å². The van der Waals surface area contributed by atoms with Gasteiger partial charge in [-0.05, 0) is 13.3 Å². The Bertz CT molecular complexity index is 480. The third-order valence-corrected chi connectivity index (χ3v) is 2.69. The van der Waals surface area contributed by atoms with E-state index in [2.05, 4.69) is 41.3 Å². The first kappa shape index (κ1) is 11.6. The summed E-state index contributed by atoms with van der Waals surface area (Å²) >= 11 is 0. The van der Waals surface area contributed by atoms with Gasteiger partial charge in [0, 0.05) is 17.7 Å². The summed E-state index contributed by atoms with van der Waals surface area (Å²) < 4.78 is 0. The van der Waals surface area contributed by atoms with Crippen molar-refractivity contribution < 1.29 is 0 Å².